The van der Waals surface area contributed by atoms with Crippen LogP contribution in [-0.2, 0) is 12.8 Å². The van der Waals surface area contributed by atoms with Crippen LogP contribution in [-0.4, -0.2) is 0 Å². The molecular weight excluding hydrogens is 379 g/mol. The molecule has 0 aliphatic heterocycles. The van der Waals surface area contributed by atoms with Crippen molar-refractivity contribution in [3.8, 4) is 0 Å². The summed E-state index contributed by atoms with van der Waals surface area (Å²) in [5, 5.41) is 0. The molecule has 0 spiro atoms. The molecule has 3 aliphatic carbocycles. The van der Waals surface area contributed by atoms with Crippen LogP contribution >= 0.6 is 0 Å². The SMILES string of the molecule is C=CCCC1CCC2CC(c3cc(F)c4c(c3)CCC(CCCCCC)C4)CCC2C1. The molecule has 0 heterocycles. The van der Waals surface area contributed by atoms with E-state index in [1.54, 1.807) is 0 Å². The van der Waals surface area contributed by atoms with Crippen molar-refractivity contribution >= 4 is 0 Å². The molecule has 31 heavy (non-hydrogen) atoms. The average Bonchev–Trinajstić information content (AvgIpc) is 2.80. The first-order chi connectivity index (χ1) is 15.2. The normalized spacial score (nSPS) is 30.5. The van der Waals surface area contributed by atoms with E-state index in [0.29, 0.717) is 11.8 Å². The van der Waals surface area contributed by atoms with Gasteiger partial charge in [0.15, 0.2) is 0 Å². The van der Waals surface area contributed by atoms with E-state index < -0.39 is 0 Å². The third-order valence-corrected chi connectivity index (χ3v) is 9.06. The van der Waals surface area contributed by atoms with Gasteiger partial charge in [0.1, 0.15) is 5.82 Å². The lowest BCUT2D eigenvalue weighted by Crippen LogP contribution is -2.30. The summed E-state index contributed by atoms with van der Waals surface area (Å²) in [6.45, 7) is 6.17. The first kappa shape index (κ1) is 23.1. The molecule has 2 fully saturated rings. The molecule has 1 heteroatoms. The Balaban J connectivity index is 1.34. The molecule has 2 saturated carbocycles. The molecule has 0 radical (unpaired) electrons. The van der Waals surface area contributed by atoms with E-state index in [1.165, 1.54) is 101 Å². The molecule has 3 aliphatic rings. The lowest BCUT2D eigenvalue weighted by molar-refractivity contribution is 0.115. The van der Waals surface area contributed by atoms with Crippen LogP contribution in [0.15, 0.2) is 24.8 Å². The molecule has 0 bridgehead atoms. The monoisotopic (exact) mass is 424 g/mol. The highest BCUT2D eigenvalue weighted by molar-refractivity contribution is 5.37. The number of hydrogen-bond acceptors (Lipinski definition) is 0. The van der Waals surface area contributed by atoms with Gasteiger partial charge in [0.05, 0.1) is 0 Å². The maximum absolute atomic E-state index is 15.2. The zero-order chi connectivity index (χ0) is 21.6. The molecule has 1 aromatic rings. The van der Waals surface area contributed by atoms with E-state index in [9.17, 15) is 0 Å². The number of benzene rings is 1. The van der Waals surface area contributed by atoms with Crippen LogP contribution in [0.25, 0.3) is 0 Å². The maximum Gasteiger partial charge on any atom is 0.126 e. The molecular formula is C30H45F. The van der Waals surface area contributed by atoms with Gasteiger partial charge in [-0.25, -0.2) is 4.39 Å². The summed E-state index contributed by atoms with van der Waals surface area (Å²) in [4.78, 5) is 0. The van der Waals surface area contributed by atoms with Crippen molar-refractivity contribution in [3.63, 3.8) is 0 Å². The predicted molar refractivity (Wildman–Crippen MR) is 131 cm³/mol. The van der Waals surface area contributed by atoms with Crippen molar-refractivity contribution in [3.05, 3.63) is 47.3 Å². The number of hydrogen-bond donors (Lipinski definition) is 0. The number of halogens is 1. The largest absolute Gasteiger partial charge is 0.207 e. The van der Waals surface area contributed by atoms with E-state index in [0.717, 1.165) is 36.2 Å². The predicted octanol–water partition coefficient (Wildman–Crippen LogP) is 9.17. The highest BCUT2D eigenvalue weighted by atomic mass is 19.1. The summed E-state index contributed by atoms with van der Waals surface area (Å²) >= 11 is 0. The van der Waals surface area contributed by atoms with Crippen molar-refractivity contribution in [1.29, 1.82) is 0 Å². The Kier molecular flexibility index (Phi) is 8.30. The molecule has 0 saturated heterocycles. The molecule has 0 N–H and O–H groups in total. The lowest BCUT2D eigenvalue weighted by Gasteiger charge is -2.42. The van der Waals surface area contributed by atoms with E-state index >= 15 is 4.39 Å². The smallest absolute Gasteiger partial charge is 0.126 e. The molecule has 5 atom stereocenters. The Morgan fingerprint density at radius 3 is 2.61 bits per heavy atom. The summed E-state index contributed by atoms with van der Waals surface area (Å²) < 4.78 is 15.2. The highest BCUT2D eigenvalue weighted by Crippen LogP contribution is 2.49. The van der Waals surface area contributed by atoms with Gasteiger partial charge in [0.25, 0.3) is 0 Å². The summed E-state index contributed by atoms with van der Waals surface area (Å²) in [6, 6.07) is 4.37. The molecule has 172 valence electrons. The molecule has 4 rings (SSSR count). The zero-order valence-electron chi connectivity index (χ0n) is 20.0. The average molecular weight is 425 g/mol. The number of allylic oxidation sites excluding steroid dienone is 1. The fourth-order valence-corrected chi connectivity index (χ4v) is 7.17. The molecule has 1 aromatic carbocycles. The van der Waals surface area contributed by atoms with E-state index in [2.05, 4.69) is 25.6 Å². The Labute approximate surface area is 191 Å². The molecule has 0 amide bonds. The van der Waals surface area contributed by atoms with Gasteiger partial charge in [-0.1, -0.05) is 57.6 Å². The third kappa shape index (κ3) is 5.82. The van der Waals surface area contributed by atoms with E-state index in [-0.39, 0.29) is 5.82 Å². The second kappa shape index (κ2) is 11.2. The van der Waals surface area contributed by atoms with Crippen LogP contribution in [0.1, 0.15) is 119 Å². The standard InChI is InChI=1S/C30H45F/c1-3-5-7-8-10-23-12-14-27-20-28(21-30(31)29(27)18-23)26-16-15-24-17-22(9-6-4-2)11-13-25(24)19-26/h4,20-26H,2-3,5-19H2,1H3. The highest BCUT2D eigenvalue weighted by Gasteiger charge is 2.36. The molecule has 0 nitrogen and oxygen atoms in total. The van der Waals surface area contributed by atoms with Crippen molar-refractivity contribution in [2.24, 2.45) is 23.7 Å². The molecule has 0 aromatic heterocycles. The van der Waals surface area contributed by atoms with Gasteiger partial charge in [0, 0.05) is 0 Å². The van der Waals surface area contributed by atoms with Crippen LogP contribution in [0, 0.1) is 29.5 Å². The van der Waals surface area contributed by atoms with Crippen molar-refractivity contribution in [2.45, 2.75) is 116 Å². The van der Waals surface area contributed by atoms with Crippen LogP contribution < -0.4 is 0 Å². The number of unbranched alkanes of at least 4 members (excludes halogenated alkanes) is 3. The summed E-state index contributed by atoms with van der Waals surface area (Å²) in [6.07, 6.45) is 22.7. The van der Waals surface area contributed by atoms with Gasteiger partial charge in [-0.05, 0) is 117 Å². The third-order valence-electron chi connectivity index (χ3n) is 9.06. The minimum Gasteiger partial charge on any atom is -0.207 e. The fraction of sp³-hybridized carbons (Fsp3) is 0.733. The topological polar surface area (TPSA) is 0 Å². The van der Waals surface area contributed by atoms with Gasteiger partial charge < -0.3 is 0 Å². The van der Waals surface area contributed by atoms with Crippen molar-refractivity contribution in [2.75, 3.05) is 0 Å². The minimum atomic E-state index is 0.112. The van der Waals surface area contributed by atoms with Gasteiger partial charge in [-0.3, -0.25) is 0 Å². The van der Waals surface area contributed by atoms with Crippen LogP contribution in [0.2, 0.25) is 0 Å². The first-order valence-corrected chi connectivity index (χ1v) is 13.6. The van der Waals surface area contributed by atoms with Gasteiger partial charge in [-0.2, -0.15) is 0 Å². The Morgan fingerprint density at radius 1 is 0.935 bits per heavy atom. The summed E-state index contributed by atoms with van der Waals surface area (Å²) in [5.41, 5.74) is 3.73. The van der Waals surface area contributed by atoms with Crippen LogP contribution in [0.4, 0.5) is 4.39 Å². The fourth-order valence-electron chi connectivity index (χ4n) is 7.17. The number of aryl methyl sites for hydroxylation is 1. The molecule has 5 unspecified atom stereocenters. The quantitative estimate of drug-likeness (QED) is 0.274. The maximum atomic E-state index is 15.2. The second-order valence-electron chi connectivity index (χ2n) is 11.2. The van der Waals surface area contributed by atoms with E-state index in [4.69, 9.17) is 0 Å². The van der Waals surface area contributed by atoms with Crippen molar-refractivity contribution in [1.82, 2.24) is 0 Å². The first-order valence-electron chi connectivity index (χ1n) is 13.6. The van der Waals surface area contributed by atoms with Crippen molar-refractivity contribution < 1.29 is 4.39 Å². The number of fused-ring (bicyclic) bond motifs is 2. The van der Waals surface area contributed by atoms with E-state index in [1.807, 2.05) is 6.07 Å². The van der Waals surface area contributed by atoms with Crippen LogP contribution in [0.3, 0.4) is 0 Å². The Bertz CT molecular complexity index is 719. The second-order valence-corrected chi connectivity index (χ2v) is 11.2. The summed E-state index contributed by atoms with van der Waals surface area (Å²) in [7, 11) is 0. The van der Waals surface area contributed by atoms with Gasteiger partial charge >= 0.3 is 0 Å². The van der Waals surface area contributed by atoms with Gasteiger partial charge in [-0.15, -0.1) is 6.58 Å². The Hall–Kier alpha value is -1.11. The van der Waals surface area contributed by atoms with Crippen LogP contribution in [0.5, 0.6) is 0 Å². The Morgan fingerprint density at radius 2 is 1.77 bits per heavy atom. The number of rotatable bonds is 9. The lowest BCUT2D eigenvalue weighted by atomic mass is 9.63. The summed E-state index contributed by atoms with van der Waals surface area (Å²) in [5.74, 6) is 4.14. The zero-order valence-corrected chi connectivity index (χ0v) is 20.0. The van der Waals surface area contributed by atoms with Gasteiger partial charge in [0.2, 0.25) is 0 Å². The minimum absolute atomic E-state index is 0.112.